The van der Waals surface area contributed by atoms with Crippen molar-refractivity contribution < 1.29 is 9.90 Å². The molecule has 1 unspecified atom stereocenters. The van der Waals surface area contributed by atoms with Gasteiger partial charge in [-0.25, -0.2) is 0 Å². The molecule has 1 fully saturated rings. The Kier molecular flexibility index (Phi) is 8.01. The van der Waals surface area contributed by atoms with Crippen molar-refractivity contribution in [2.45, 2.75) is 70.4 Å². The van der Waals surface area contributed by atoms with Gasteiger partial charge < -0.3 is 15.7 Å². The number of rotatable bonds is 7. The van der Waals surface area contributed by atoms with Gasteiger partial charge in [0.1, 0.15) is 0 Å². The molecule has 0 aromatic carbocycles. The van der Waals surface area contributed by atoms with Crippen molar-refractivity contribution in [2.24, 2.45) is 0 Å². The van der Waals surface area contributed by atoms with Crippen LogP contribution in [0.5, 0.6) is 0 Å². The quantitative estimate of drug-likeness (QED) is 0.479. The van der Waals surface area contributed by atoms with Crippen LogP contribution in [0.2, 0.25) is 0 Å². The molecule has 1 amide bonds. The molecule has 1 saturated carbocycles. The molecule has 0 heterocycles. The first-order chi connectivity index (χ1) is 8.72. The minimum Gasteiger partial charge on any atom is -0.393 e. The first kappa shape index (κ1) is 15.4. The minimum absolute atomic E-state index is 0.0906. The molecule has 0 saturated heterocycles. The summed E-state index contributed by atoms with van der Waals surface area (Å²) in [4.78, 5) is 11.7. The molecular formula is C14H28N2O2. The first-order valence-electron chi connectivity index (χ1n) is 7.40. The molecule has 106 valence electrons. The van der Waals surface area contributed by atoms with Crippen molar-refractivity contribution in [3.63, 3.8) is 0 Å². The zero-order valence-electron chi connectivity index (χ0n) is 11.6. The molecule has 0 radical (unpaired) electrons. The number of carbonyl (C=O) groups is 1. The van der Waals surface area contributed by atoms with Crippen LogP contribution in [0.3, 0.4) is 0 Å². The highest BCUT2D eigenvalue weighted by Gasteiger charge is 2.14. The fraction of sp³-hybridized carbons (Fsp3) is 0.929. The van der Waals surface area contributed by atoms with Crippen LogP contribution in [0.1, 0.15) is 58.3 Å². The third-order valence-electron chi connectivity index (χ3n) is 3.63. The molecule has 0 spiro atoms. The zero-order valence-corrected chi connectivity index (χ0v) is 11.6. The number of aliphatic hydroxyl groups is 1. The Bertz CT molecular complexity index is 226. The molecule has 1 aliphatic rings. The summed E-state index contributed by atoms with van der Waals surface area (Å²) < 4.78 is 0. The molecule has 1 rings (SSSR count). The van der Waals surface area contributed by atoms with E-state index in [4.69, 9.17) is 0 Å². The van der Waals surface area contributed by atoms with Crippen molar-refractivity contribution in [3.05, 3.63) is 0 Å². The molecule has 18 heavy (non-hydrogen) atoms. The fourth-order valence-corrected chi connectivity index (χ4v) is 2.38. The average molecular weight is 256 g/mol. The van der Waals surface area contributed by atoms with E-state index in [0.717, 1.165) is 19.3 Å². The maximum absolute atomic E-state index is 11.7. The van der Waals surface area contributed by atoms with E-state index in [1.807, 2.05) is 6.92 Å². The van der Waals surface area contributed by atoms with Crippen LogP contribution in [0.4, 0.5) is 0 Å². The number of amides is 1. The van der Waals surface area contributed by atoms with Crippen LogP contribution in [0, 0.1) is 0 Å². The van der Waals surface area contributed by atoms with Crippen molar-refractivity contribution in [3.8, 4) is 0 Å². The molecule has 0 aromatic heterocycles. The lowest BCUT2D eigenvalue weighted by atomic mass is 10.1. The number of hydrogen-bond acceptors (Lipinski definition) is 3. The van der Waals surface area contributed by atoms with E-state index in [2.05, 4.69) is 10.6 Å². The van der Waals surface area contributed by atoms with Gasteiger partial charge in [-0.3, -0.25) is 4.79 Å². The van der Waals surface area contributed by atoms with Gasteiger partial charge in [0.25, 0.3) is 0 Å². The molecule has 4 nitrogen and oxygen atoms in total. The monoisotopic (exact) mass is 256 g/mol. The lowest BCUT2D eigenvalue weighted by Gasteiger charge is -2.16. The molecule has 1 atom stereocenters. The molecule has 4 heteroatoms. The number of aliphatic hydroxyl groups excluding tert-OH is 1. The number of nitrogens with one attached hydrogen (secondary N) is 2. The van der Waals surface area contributed by atoms with Crippen molar-refractivity contribution in [1.29, 1.82) is 0 Å². The zero-order chi connectivity index (χ0) is 13.2. The Labute approximate surface area is 111 Å². The van der Waals surface area contributed by atoms with Gasteiger partial charge in [-0.05, 0) is 32.2 Å². The summed E-state index contributed by atoms with van der Waals surface area (Å²) in [6.45, 7) is 3.03. The van der Waals surface area contributed by atoms with Crippen LogP contribution in [-0.4, -0.2) is 36.2 Å². The maximum atomic E-state index is 11.7. The van der Waals surface area contributed by atoms with E-state index in [9.17, 15) is 9.90 Å². The first-order valence-corrected chi connectivity index (χ1v) is 7.40. The highest BCUT2D eigenvalue weighted by molar-refractivity contribution is 5.78. The summed E-state index contributed by atoms with van der Waals surface area (Å²) in [7, 11) is 0. The van der Waals surface area contributed by atoms with Crippen LogP contribution < -0.4 is 10.6 Å². The minimum atomic E-state index is -0.248. The summed E-state index contributed by atoms with van der Waals surface area (Å²) in [5, 5.41) is 15.6. The third-order valence-corrected chi connectivity index (χ3v) is 3.63. The Morgan fingerprint density at radius 2 is 1.94 bits per heavy atom. The summed E-state index contributed by atoms with van der Waals surface area (Å²) >= 11 is 0. The maximum Gasteiger partial charge on any atom is 0.234 e. The molecule has 0 bridgehead atoms. The second-order valence-corrected chi connectivity index (χ2v) is 5.28. The van der Waals surface area contributed by atoms with Crippen LogP contribution >= 0.6 is 0 Å². The SMILES string of the molecule is CCC(O)CCNCC(=O)NC1CCCCCC1. The second-order valence-electron chi connectivity index (χ2n) is 5.28. The van der Waals surface area contributed by atoms with Gasteiger partial charge in [-0.15, -0.1) is 0 Å². The fourth-order valence-electron chi connectivity index (χ4n) is 2.38. The van der Waals surface area contributed by atoms with E-state index >= 15 is 0 Å². The van der Waals surface area contributed by atoms with Crippen LogP contribution in [0.25, 0.3) is 0 Å². The molecule has 3 N–H and O–H groups in total. The van der Waals surface area contributed by atoms with Crippen molar-refractivity contribution >= 4 is 5.91 Å². The number of hydrogen-bond donors (Lipinski definition) is 3. The Hall–Kier alpha value is -0.610. The predicted octanol–water partition coefficient (Wildman–Crippen LogP) is 1.58. The molecular weight excluding hydrogens is 228 g/mol. The van der Waals surface area contributed by atoms with Crippen LogP contribution in [-0.2, 0) is 4.79 Å². The summed E-state index contributed by atoms with van der Waals surface area (Å²) in [6, 6.07) is 0.378. The van der Waals surface area contributed by atoms with Crippen molar-refractivity contribution in [1.82, 2.24) is 10.6 Å². The van der Waals surface area contributed by atoms with E-state index in [0.29, 0.717) is 25.6 Å². The molecule has 0 aromatic rings. The summed E-state index contributed by atoms with van der Waals surface area (Å²) in [5.74, 6) is 0.0906. The normalized spacial score (nSPS) is 19.2. The largest absolute Gasteiger partial charge is 0.393 e. The summed E-state index contributed by atoms with van der Waals surface area (Å²) in [5.41, 5.74) is 0. The van der Waals surface area contributed by atoms with Crippen molar-refractivity contribution in [2.75, 3.05) is 13.1 Å². The van der Waals surface area contributed by atoms with Gasteiger partial charge in [0.05, 0.1) is 12.6 Å². The van der Waals surface area contributed by atoms with Crippen LogP contribution in [0.15, 0.2) is 0 Å². The predicted molar refractivity (Wildman–Crippen MR) is 73.4 cm³/mol. The van der Waals surface area contributed by atoms with Gasteiger partial charge in [0, 0.05) is 6.04 Å². The van der Waals surface area contributed by atoms with Gasteiger partial charge in [0.15, 0.2) is 0 Å². The molecule has 0 aliphatic heterocycles. The van der Waals surface area contributed by atoms with Gasteiger partial charge in [-0.2, -0.15) is 0 Å². The third kappa shape index (κ3) is 6.97. The lowest BCUT2D eigenvalue weighted by Crippen LogP contribution is -2.40. The Morgan fingerprint density at radius 3 is 2.56 bits per heavy atom. The van der Waals surface area contributed by atoms with E-state index < -0.39 is 0 Å². The standard InChI is InChI=1S/C14H28N2O2/c1-2-13(17)9-10-15-11-14(18)16-12-7-5-3-4-6-8-12/h12-13,15,17H,2-11H2,1H3,(H,16,18). The van der Waals surface area contributed by atoms with Gasteiger partial charge >= 0.3 is 0 Å². The number of carbonyl (C=O) groups excluding carboxylic acids is 1. The van der Waals surface area contributed by atoms with E-state index in [1.165, 1.54) is 25.7 Å². The average Bonchev–Trinajstić information content (AvgIpc) is 2.63. The lowest BCUT2D eigenvalue weighted by molar-refractivity contribution is -0.121. The van der Waals surface area contributed by atoms with E-state index in [1.54, 1.807) is 0 Å². The van der Waals surface area contributed by atoms with Gasteiger partial charge in [0.2, 0.25) is 5.91 Å². The smallest absolute Gasteiger partial charge is 0.234 e. The second kappa shape index (κ2) is 9.34. The highest BCUT2D eigenvalue weighted by atomic mass is 16.3. The van der Waals surface area contributed by atoms with Gasteiger partial charge in [-0.1, -0.05) is 32.6 Å². The Balaban J connectivity index is 2.05. The topological polar surface area (TPSA) is 61.4 Å². The summed E-state index contributed by atoms with van der Waals surface area (Å²) in [6.07, 6.45) is 8.58. The molecule has 1 aliphatic carbocycles. The highest BCUT2D eigenvalue weighted by Crippen LogP contribution is 2.16. The Morgan fingerprint density at radius 1 is 1.28 bits per heavy atom. The van der Waals surface area contributed by atoms with E-state index in [-0.39, 0.29) is 12.0 Å².